The van der Waals surface area contributed by atoms with Gasteiger partial charge in [-0.05, 0) is 48.8 Å². The van der Waals surface area contributed by atoms with Crippen molar-refractivity contribution in [1.82, 2.24) is 5.32 Å². The molecule has 1 heterocycles. The summed E-state index contributed by atoms with van der Waals surface area (Å²) in [6.45, 7) is 7.80. The number of ether oxygens (including phenoxy) is 1. The first-order chi connectivity index (χ1) is 7.65. The van der Waals surface area contributed by atoms with E-state index in [0.717, 1.165) is 23.2 Å². The van der Waals surface area contributed by atoms with Crippen molar-refractivity contribution in [2.75, 3.05) is 13.2 Å². The van der Waals surface area contributed by atoms with Crippen molar-refractivity contribution in [1.29, 1.82) is 0 Å². The number of furan rings is 1. The van der Waals surface area contributed by atoms with Crippen LogP contribution in [-0.4, -0.2) is 19.3 Å². The molecule has 1 aromatic heterocycles. The Balaban J connectivity index is 2.60. The summed E-state index contributed by atoms with van der Waals surface area (Å²) in [6.07, 6.45) is 3.02. The first-order valence-corrected chi connectivity index (χ1v) is 6.52. The standard InChI is InChI=1S/C12H20BrNO2/c1-4-6-14-11(8-16-9(2)3)12-10(13)5-7-15-12/h5,7,9,11,14H,4,6,8H2,1-3H3. The highest BCUT2D eigenvalue weighted by Crippen LogP contribution is 2.25. The molecule has 0 bridgehead atoms. The van der Waals surface area contributed by atoms with Crippen LogP contribution in [0.2, 0.25) is 0 Å². The fourth-order valence-electron chi connectivity index (χ4n) is 1.39. The molecule has 0 fully saturated rings. The van der Waals surface area contributed by atoms with Gasteiger partial charge in [0.2, 0.25) is 0 Å². The second-order valence-electron chi connectivity index (χ2n) is 4.02. The predicted octanol–water partition coefficient (Wildman–Crippen LogP) is 3.51. The van der Waals surface area contributed by atoms with E-state index in [1.54, 1.807) is 6.26 Å². The third-order valence-corrected chi connectivity index (χ3v) is 2.85. The Morgan fingerprint density at radius 1 is 1.50 bits per heavy atom. The van der Waals surface area contributed by atoms with E-state index in [9.17, 15) is 0 Å². The Labute approximate surface area is 106 Å². The van der Waals surface area contributed by atoms with E-state index < -0.39 is 0 Å². The van der Waals surface area contributed by atoms with Crippen LogP contribution >= 0.6 is 15.9 Å². The van der Waals surface area contributed by atoms with Gasteiger partial charge < -0.3 is 14.5 Å². The molecule has 0 spiro atoms. The van der Waals surface area contributed by atoms with Crippen LogP contribution in [0.4, 0.5) is 0 Å². The van der Waals surface area contributed by atoms with Crippen molar-refractivity contribution in [3.05, 3.63) is 22.6 Å². The van der Waals surface area contributed by atoms with Gasteiger partial charge in [-0.15, -0.1) is 0 Å². The molecular weight excluding hydrogens is 270 g/mol. The Kier molecular flexibility index (Phi) is 6.09. The van der Waals surface area contributed by atoms with Gasteiger partial charge in [0.1, 0.15) is 5.76 Å². The molecule has 0 saturated carbocycles. The number of hydrogen-bond acceptors (Lipinski definition) is 3. The molecule has 1 atom stereocenters. The molecule has 3 nitrogen and oxygen atoms in total. The largest absolute Gasteiger partial charge is 0.466 e. The molecule has 0 radical (unpaired) electrons. The van der Waals surface area contributed by atoms with Crippen molar-refractivity contribution >= 4 is 15.9 Å². The van der Waals surface area contributed by atoms with Gasteiger partial charge in [0.15, 0.2) is 0 Å². The maximum Gasteiger partial charge on any atom is 0.137 e. The Morgan fingerprint density at radius 2 is 2.25 bits per heavy atom. The van der Waals surface area contributed by atoms with E-state index in [1.807, 2.05) is 19.9 Å². The highest BCUT2D eigenvalue weighted by Gasteiger charge is 2.17. The third-order valence-electron chi connectivity index (χ3n) is 2.20. The van der Waals surface area contributed by atoms with E-state index in [2.05, 4.69) is 28.2 Å². The lowest BCUT2D eigenvalue weighted by Crippen LogP contribution is -2.27. The highest BCUT2D eigenvalue weighted by molar-refractivity contribution is 9.10. The molecule has 4 heteroatoms. The molecule has 0 aliphatic rings. The van der Waals surface area contributed by atoms with Crippen molar-refractivity contribution in [2.45, 2.75) is 39.3 Å². The smallest absolute Gasteiger partial charge is 0.137 e. The zero-order chi connectivity index (χ0) is 12.0. The average Bonchev–Trinajstić information content (AvgIpc) is 2.65. The lowest BCUT2D eigenvalue weighted by atomic mass is 10.2. The van der Waals surface area contributed by atoms with E-state index in [-0.39, 0.29) is 12.1 Å². The molecule has 0 amide bonds. The zero-order valence-corrected chi connectivity index (χ0v) is 11.7. The summed E-state index contributed by atoms with van der Waals surface area (Å²) in [7, 11) is 0. The second kappa shape index (κ2) is 7.09. The van der Waals surface area contributed by atoms with Crippen LogP contribution in [0.3, 0.4) is 0 Å². The van der Waals surface area contributed by atoms with Crippen LogP contribution in [0, 0.1) is 0 Å². The second-order valence-corrected chi connectivity index (χ2v) is 4.88. The van der Waals surface area contributed by atoms with Crippen LogP contribution < -0.4 is 5.32 Å². The van der Waals surface area contributed by atoms with Crippen LogP contribution in [0.5, 0.6) is 0 Å². The Morgan fingerprint density at radius 3 is 2.75 bits per heavy atom. The Bertz CT molecular complexity index is 299. The summed E-state index contributed by atoms with van der Waals surface area (Å²) in [5, 5.41) is 3.42. The van der Waals surface area contributed by atoms with E-state index in [1.165, 1.54) is 0 Å². The molecular formula is C12H20BrNO2. The fraction of sp³-hybridized carbons (Fsp3) is 0.667. The van der Waals surface area contributed by atoms with Crippen molar-refractivity contribution in [3.63, 3.8) is 0 Å². The average molecular weight is 290 g/mol. The Hall–Kier alpha value is -0.320. The first-order valence-electron chi connectivity index (χ1n) is 5.73. The van der Waals surface area contributed by atoms with Crippen LogP contribution in [-0.2, 0) is 4.74 Å². The maximum absolute atomic E-state index is 5.64. The zero-order valence-electron chi connectivity index (χ0n) is 10.1. The molecule has 16 heavy (non-hydrogen) atoms. The molecule has 0 aliphatic carbocycles. The van der Waals surface area contributed by atoms with Gasteiger partial charge in [0, 0.05) is 0 Å². The summed E-state index contributed by atoms with van der Waals surface area (Å²) < 4.78 is 12.1. The minimum absolute atomic E-state index is 0.117. The molecule has 1 unspecified atom stereocenters. The molecule has 1 rings (SSSR count). The number of halogens is 1. The van der Waals surface area contributed by atoms with E-state index in [0.29, 0.717) is 6.61 Å². The van der Waals surface area contributed by atoms with Gasteiger partial charge >= 0.3 is 0 Å². The predicted molar refractivity (Wildman–Crippen MR) is 68.5 cm³/mol. The summed E-state index contributed by atoms with van der Waals surface area (Å²) in [5.41, 5.74) is 0. The van der Waals surface area contributed by atoms with Crippen LogP contribution in [0.25, 0.3) is 0 Å². The maximum atomic E-state index is 5.64. The quantitative estimate of drug-likeness (QED) is 0.834. The monoisotopic (exact) mass is 289 g/mol. The summed E-state index contributed by atoms with van der Waals surface area (Å²) in [6, 6.07) is 2.03. The van der Waals surface area contributed by atoms with Crippen molar-refractivity contribution in [3.8, 4) is 0 Å². The van der Waals surface area contributed by atoms with Gasteiger partial charge in [-0.25, -0.2) is 0 Å². The lowest BCUT2D eigenvalue weighted by molar-refractivity contribution is 0.0566. The molecule has 92 valence electrons. The summed E-state index contributed by atoms with van der Waals surface area (Å²) >= 11 is 3.48. The van der Waals surface area contributed by atoms with Gasteiger partial charge in [-0.1, -0.05) is 6.92 Å². The van der Waals surface area contributed by atoms with E-state index in [4.69, 9.17) is 9.15 Å². The first kappa shape index (κ1) is 13.7. The van der Waals surface area contributed by atoms with Gasteiger partial charge in [-0.2, -0.15) is 0 Å². The molecule has 1 N–H and O–H groups in total. The normalized spacial score (nSPS) is 13.3. The summed E-state index contributed by atoms with van der Waals surface area (Å²) in [4.78, 5) is 0. The SMILES string of the molecule is CCCNC(COC(C)C)c1occc1Br. The minimum atomic E-state index is 0.117. The van der Waals surface area contributed by atoms with Gasteiger partial charge in [-0.3, -0.25) is 0 Å². The molecule has 0 aromatic carbocycles. The van der Waals surface area contributed by atoms with Gasteiger partial charge in [0.05, 0.1) is 29.5 Å². The molecule has 1 aromatic rings. The topological polar surface area (TPSA) is 34.4 Å². The number of rotatable bonds is 7. The third kappa shape index (κ3) is 4.28. The van der Waals surface area contributed by atoms with Crippen molar-refractivity contribution in [2.24, 2.45) is 0 Å². The number of hydrogen-bond donors (Lipinski definition) is 1. The van der Waals surface area contributed by atoms with E-state index >= 15 is 0 Å². The molecule has 0 saturated heterocycles. The minimum Gasteiger partial charge on any atom is -0.466 e. The van der Waals surface area contributed by atoms with Crippen molar-refractivity contribution < 1.29 is 9.15 Å². The molecule has 0 aliphatic heterocycles. The van der Waals surface area contributed by atoms with Crippen LogP contribution in [0.1, 0.15) is 39.0 Å². The lowest BCUT2D eigenvalue weighted by Gasteiger charge is -2.18. The number of nitrogens with one attached hydrogen (secondary N) is 1. The fourth-order valence-corrected chi connectivity index (χ4v) is 1.87. The highest BCUT2D eigenvalue weighted by atomic mass is 79.9. The van der Waals surface area contributed by atoms with Crippen LogP contribution in [0.15, 0.2) is 21.2 Å². The summed E-state index contributed by atoms with van der Waals surface area (Å²) in [5.74, 6) is 0.911. The van der Waals surface area contributed by atoms with Gasteiger partial charge in [0.25, 0.3) is 0 Å².